The third-order valence-corrected chi connectivity index (χ3v) is 4.13. The maximum atomic E-state index is 6.13. The molecule has 86 valence electrons. The smallest absolute Gasteiger partial charge is 0.214 e. The highest BCUT2D eigenvalue weighted by Gasteiger charge is 2.55. The fourth-order valence-electron chi connectivity index (χ4n) is 3.16. The highest BCUT2D eigenvalue weighted by atomic mass is 16.5. The summed E-state index contributed by atoms with van der Waals surface area (Å²) in [6.07, 6.45) is 1.79. The zero-order valence-corrected chi connectivity index (χ0v) is 9.63. The van der Waals surface area contributed by atoms with Crippen molar-refractivity contribution in [2.45, 2.75) is 19.0 Å². The van der Waals surface area contributed by atoms with Crippen molar-refractivity contribution in [1.82, 2.24) is 4.98 Å². The first kappa shape index (κ1) is 9.90. The van der Waals surface area contributed by atoms with E-state index in [1.165, 1.54) is 5.69 Å². The molecular weight excluding hydrogens is 202 g/mol. The minimum Gasteiger partial charge on any atom is -0.481 e. The van der Waals surface area contributed by atoms with Crippen LogP contribution in [0.3, 0.4) is 0 Å². The van der Waals surface area contributed by atoms with Crippen molar-refractivity contribution in [1.29, 1.82) is 0 Å². The zero-order chi connectivity index (χ0) is 11.3. The molecule has 3 fully saturated rings. The van der Waals surface area contributed by atoms with Crippen molar-refractivity contribution in [2.24, 2.45) is 17.6 Å². The molecule has 16 heavy (non-hydrogen) atoms. The number of rotatable bonds is 2. The van der Waals surface area contributed by atoms with Gasteiger partial charge in [-0.15, -0.1) is 0 Å². The lowest BCUT2D eigenvalue weighted by Gasteiger charge is -2.40. The molecule has 2 bridgehead atoms. The Bertz CT molecular complexity index is 399. The summed E-state index contributed by atoms with van der Waals surface area (Å²) in [6.45, 7) is 3.36. The van der Waals surface area contributed by atoms with Crippen LogP contribution in [0.2, 0.25) is 0 Å². The Morgan fingerprint density at radius 3 is 2.94 bits per heavy atom. The van der Waals surface area contributed by atoms with Gasteiger partial charge in [-0.25, -0.2) is 4.98 Å². The fraction of sp³-hybridized carbons (Fsp3) is 0.583. The number of nitrogens with two attached hydrogens (primary N) is 1. The quantitative estimate of drug-likeness (QED) is 0.802. The molecule has 4 rings (SSSR count). The van der Waals surface area contributed by atoms with E-state index in [1.807, 2.05) is 12.1 Å². The van der Waals surface area contributed by atoms with Crippen LogP contribution in [0.4, 0.5) is 5.69 Å². The fourth-order valence-corrected chi connectivity index (χ4v) is 3.16. The van der Waals surface area contributed by atoms with Crippen LogP contribution >= 0.6 is 0 Å². The van der Waals surface area contributed by atoms with Gasteiger partial charge in [0.05, 0.1) is 7.11 Å². The van der Waals surface area contributed by atoms with Gasteiger partial charge in [0, 0.05) is 36.6 Å². The van der Waals surface area contributed by atoms with Crippen molar-refractivity contribution in [2.75, 3.05) is 18.6 Å². The van der Waals surface area contributed by atoms with E-state index in [2.05, 4.69) is 16.8 Å². The second-order valence-corrected chi connectivity index (χ2v) is 4.80. The summed E-state index contributed by atoms with van der Waals surface area (Å²) in [7, 11) is 1.64. The number of fused-ring (bicyclic) bond motifs is 1. The van der Waals surface area contributed by atoms with E-state index in [9.17, 15) is 0 Å². The summed E-state index contributed by atoms with van der Waals surface area (Å²) in [5, 5.41) is 0. The van der Waals surface area contributed by atoms with Gasteiger partial charge >= 0.3 is 0 Å². The van der Waals surface area contributed by atoms with E-state index in [0.29, 0.717) is 29.8 Å². The average Bonchev–Trinajstić information content (AvgIpc) is 2.86. The molecule has 2 aliphatic heterocycles. The van der Waals surface area contributed by atoms with Gasteiger partial charge in [0.25, 0.3) is 0 Å². The standard InChI is InChI=1S/C12H17N3O/c1-7-9-6-15(12(7)11(9)13)8-3-4-14-10(5-8)16-2/h3-5,7,9,11-12H,6,13H2,1-2H3/t7-,9?,11?,12?/m1/s1. The molecule has 3 heterocycles. The van der Waals surface area contributed by atoms with E-state index in [1.54, 1.807) is 13.3 Å². The van der Waals surface area contributed by atoms with Crippen LogP contribution in [-0.2, 0) is 0 Å². The Balaban J connectivity index is 1.88. The monoisotopic (exact) mass is 219 g/mol. The lowest BCUT2D eigenvalue weighted by atomic mass is 9.71. The SMILES string of the molecule is COc1cc(N2CC3C(N)C2[C@@H]3C)ccn1. The molecule has 1 aliphatic carbocycles. The minimum atomic E-state index is 0.342. The first-order chi connectivity index (χ1) is 7.72. The lowest BCUT2D eigenvalue weighted by Crippen LogP contribution is -2.56. The van der Waals surface area contributed by atoms with Gasteiger partial charge in [-0.05, 0) is 17.9 Å². The summed E-state index contributed by atoms with van der Waals surface area (Å²) in [4.78, 5) is 6.52. The number of nitrogens with zero attached hydrogens (tertiary/aromatic N) is 2. The molecule has 4 atom stereocenters. The number of ether oxygens (including phenoxy) is 1. The topological polar surface area (TPSA) is 51.4 Å². The Morgan fingerprint density at radius 1 is 1.56 bits per heavy atom. The second kappa shape index (κ2) is 3.35. The van der Waals surface area contributed by atoms with E-state index >= 15 is 0 Å². The van der Waals surface area contributed by atoms with Gasteiger partial charge in [-0.3, -0.25) is 0 Å². The first-order valence-corrected chi connectivity index (χ1v) is 5.74. The average molecular weight is 219 g/mol. The van der Waals surface area contributed by atoms with Crippen LogP contribution in [0.25, 0.3) is 0 Å². The Labute approximate surface area is 95.4 Å². The summed E-state index contributed by atoms with van der Waals surface area (Å²) in [5.74, 6) is 2.04. The lowest BCUT2D eigenvalue weighted by molar-refractivity contribution is 0.198. The number of aromatic nitrogens is 1. The normalized spacial score (nSPS) is 36.1. The van der Waals surface area contributed by atoms with Crippen LogP contribution in [0.15, 0.2) is 18.3 Å². The molecule has 4 heteroatoms. The van der Waals surface area contributed by atoms with E-state index < -0.39 is 0 Å². The van der Waals surface area contributed by atoms with Crippen molar-refractivity contribution < 1.29 is 4.74 Å². The zero-order valence-electron chi connectivity index (χ0n) is 9.63. The molecule has 0 amide bonds. The van der Waals surface area contributed by atoms with Crippen LogP contribution in [-0.4, -0.2) is 30.7 Å². The first-order valence-electron chi connectivity index (χ1n) is 5.74. The van der Waals surface area contributed by atoms with E-state index in [-0.39, 0.29) is 0 Å². The van der Waals surface area contributed by atoms with Gasteiger partial charge in [0.15, 0.2) is 0 Å². The van der Waals surface area contributed by atoms with Crippen LogP contribution < -0.4 is 15.4 Å². The van der Waals surface area contributed by atoms with Crippen molar-refractivity contribution in [3.63, 3.8) is 0 Å². The molecule has 4 nitrogen and oxygen atoms in total. The Morgan fingerprint density at radius 2 is 2.38 bits per heavy atom. The largest absolute Gasteiger partial charge is 0.481 e. The van der Waals surface area contributed by atoms with Crippen molar-refractivity contribution in [3.8, 4) is 5.88 Å². The number of methoxy groups -OCH3 is 1. The third-order valence-electron chi connectivity index (χ3n) is 4.13. The molecule has 0 radical (unpaired) electrons. The van der Waals surface area contributed by atoms with Gasteiger partial charge in [0.1, 0.15) is 0 Å². The van der Waals surface area contributed by atoms with Gasteiger partial charge in [-0.1, -0.05) is 6.92 Å². The number of hydrogen-bond acceptors (Lipinski definition) is 4. The molecule has 2 saturated heterocycles. The molecule has 0 spiro atoms. The summed E-state index contributed by atoms with van der Waals surface area (Å²) in [6, 6.07) is 4.86. The Kier molecular flexibility index (Phi) is 2.07. The number of anilines is 1. The molecular formula is C12H17N3O. The molecule has 2 N–H and O–H groups in total. The maximum Gasteiger partial charge on any atom is 0.214 e. The highest BCUT2D eigenvalue weighted by Crippen LogP contribution is 2.47. The molecule has 1 aromatic heterocycles. The van der Waals surface area contributed by atoms with E-state index in [0.717, 1.165) is 6.54 Å². The van der Waals surface area contributed by atoms with Crippen LogP contribution in [0.5, 0.6) is 5.88 Å². The summed E-state index contributed by atoms with van der Waals surface area (Å²) < 4.78 is 5.15. The van der Waals surface area contributed by atoms with Crippen LogP contribution in [0.1, 0.15) is 6.92 Å². The van der Waals surface area contributed by atoms with Crippen molar-refractivity contribution >= 4 is 5.69 Å². The molecule has 3 aliphatic rings. The molecule has 1 saturated carbocycles. The van der Waals surface area contributed by atoms with Gasteiger partial charge in [-0.2, -0.15) is 0 Å². The number of hydrogen-bond donors (Lipinski definition) is 1. The molecule has 3 unspecified atom stereocenters. The van der Waals surface area contributed by atoms with Gasteiger partial charge in [0.2, 0.25) is 5.88 Å². The van der Waals surface area contributed by atoms with Crippen LogP contribution in [0, 0.1) is 11.8 Å². The van der Waals surface area contributed by atoms with E-state index in [4.69, 9.17) is 10.5 Å². The van der Waals surface area contributed by atoms with Crippen molar-refractivity contribution in [3.05, 3.63) is 18.3 Å². The highest BCUT2D eigenvalue weighted by molar-refractivity contribution is 5.53. The Hall–Kier alpha value is -1.29. The molecule has 0 aromatic carbocycles. The third kappa shape index (κ3) is 1.16. The second-order valence-electron chi connectivity index (χ2n) is 4.80. The number of pyridine rings is 1. The predicted molar refractivity (Wildman–Crippen MR) is 62.6 cm³/mol. The molecule has 1 aromatic rings. The predicted octanol–water partition coefficient (Wildman–Crippen LogP) is 0.872. The minimum absolute atomic E-state index is 0.342. The summed E-state index contributed by atoms with van der Waals surface area (Å²) in [5.41, 5.74) is 7.31. The van der Waals surface area contributed by atoms with Gasteiger partial charge < -0.3 is 15.4 Å². The maximum absolute atomic E-state index is 6.13. The summed E-state index contributed by atoms with van der Waals surface area (Å²) >= 11 is 0.